The van der Waals surface area contributed by atoms with Crippen LogP contribution >= 0.6 is 0 Å². The summed E-state index contributed by atoms with van der Waals surface area (Å²) < 4.78 is 16.0. The largest absolute Gasteiger partial charge is 0.497 e. The van der Waals surface area contributed by atoms with Crippen LogP contribution in [0.4, 0.5) is 5.82 Å². The first-order chi connectivity index (χ1) is 17.2. The third-order valence-corrected chi connectivity index (χ3v) is 6.38. The molecule has 180 valence electrons. The van der Waals surface area contributed by atoms with Crippen LogP contribution in [0.25, 0.3) is 22.4 Å². The molecule has 9 heteroatoms. The number of anilines is 1. The number of benzene rings is 2. The van der Waals surface area contributed by atoms with E-state index in [0.29, 0.717) is 31.0 Å². The van der Waals surface area contributed by atoms with Crippen LogP contribution in [0.2, 0.25) is 0 Å². The highest BCUT2D eigenvalue weighted by Crippen LogP contribution is 2.35. The Morgan fingerprint density at radius 3 is 2.57 bits per heavy atom. The van der Waals surface area contributed by atoms with Crippen molar-refractivity contribution in [3.05, 3.63) is 60.4 Å². The third kappa shape index (κ3) is 4.75. The molecule has 0 atom stereocenters. The van der Waals surface area contributed by atoms with Gasteiger partial charge >= 0.3 is 0 Å². The summed E-state index contributed by atoms with van der Waals surface area (Å²) in [5.74, 6) is 2.35. The first-order valence-electron chi connectivity index (χ1n) is 11.6. The molecule has 3 heterocycles. The number of rotatable bonds is 7. The van der Waals surface area contributed by atoms with Crippen LogP contribution < -0.4 is 19.7 Å². The molecule has 1 fully saturated rings. The number of amides is 1. The highest BCUT2D eigenvalue weighted by atomic mass is 16.5. The first kappa shape index (κ1) is 22.6. The number of ether oxygens (including phenoxy) is 2. The molecule has 5 rings (SSSR count). The van der Waals surface area contributed by atoms with Gasteiger partial charge in [-0.05, 0) is 54.8 Å². The van der Waals surface area contributed by atoms with E-state index in [-0.39, 0.29) is 11.8 Å². The molecule has 2 aromatic heterocycles. The van der Waals surface area contributed by atoms with Gasteiger partial charge in [0.1, 0.15) is 34.7 Å². The van der Waals surface area contributed by atoms with Crippen molar-refractivity contribution in [1.82, 2.24) is 20.4 Å². The highest BCUT2D eigenvalue weighted by molar-refractivity contribution is 5.98. The van der Waals surface area contributed by atoms with Crippen molar-refractivity contribution in [1.29, 1.82) is 0 Å². The number of methoxy groups -OCH3 is 2. The van der Waals surface area contributed by atoms with Gasteiger partial charge in [0.25, 0.3) is 5.71 Å². The second-order valence-electron chi connectivity index (χ2n) is 8.47. The maximum Gasteiger partial charge on any atom is 0.263 e. The van der Waals surface area contributed by atoms with Gasteiger partial charge in [-0.25, -0.2) is 4.98 Å². The number of hydrogen-bond donors (Lipinski definition) is 1. The van der Waals surface area contributed by atoms with Gasteiger partial charge in [0.2, 0.25) is 5.91 Å². The van der Waals surface area contributed by atoms with Gasteiger partial charge < -0.3 is 24.2 Å². The van der Waals surface area contributed by atoms with E-state index in [1.54, 1.807) is 14.2 Å². The molecule has 1 N–H and O–H groups in total. The van der Waals surface area contributed by atoms with E-state index in [9.17, 15) is 4.79 Å². The number of nitrogens with zero attached hydrogens (tertiary/aromatic N) is 4. The van der Waals surface area contributed by atoms with Gasteiger partial charge in [-0.1, -0.05) is 17.3 Å². The Kier molecular flexibility index (Phi) is 6.47. The van der Waals surface area contributed by atoms with Crippen LogP contribution in [0.15, 0.2) is 59.4 Å². The standard InChI is InChI=1S/C26H27N5O4/c1-33-20-8-6-18(7-9-20)23-22-24(28-16-29-26(22)35-30-23)31-12-10-19(11-13-31)25(32)27-15-17-4-3-5-21(14-17)34-2/h3-9,14,16,19H,10-13,15H2,1-2H3,(H,27,32). The summed E-state index contributed by atoms with van der Waals surface area (Å²) >= 11 is 0. The zero-order valence-electron chi connectivity index (χ0n) is 19.7. The summed E-state index contributed by atoms with van der Waals surface area (Å²) in [5.41, 5.74) is 3.04. The zero-order chi connectivity index (χ0) is 24.2. The average molecular weight is 474 g/mol. The molecule has 0 radical (unpaired) electrons. The lowest BCUT2D eigenvalue weighted by atomic mass is 9.95. The Morgan fingerprint density at radius 2 is 1.83 bits per heavy atom. The smallest absolute Gasteiger partial charge is 0.263 e. The number of nitrogens with one attached hydrogen (secondary N) is 1. The molecule has 1 amide bonds. The summed E-state index contributed by atoms with van der Waals surface area (Å²) in [5, 5.41) is 8.11. The minimum Gasteiger partial charge on any atom is -0.497 e. The van der Waals surface area contributed by atoms with E-state index in [0.717, 1.165) is 46.7 Å². The number of aromatic nitrogens is 3. The van der Waals surface area contributed by atoms with E-state index in [2.05, 4.69) is 25.3 Å². The number of carbonyl (C=O) groups excluding carboxylic acids is 1. The normalized spacial score (nSPS) is 14.2. The van der Waals surface area contributed by atoms with Gasteiger partial charge in [-0.3, -0.25) is 4.79 Å². The summed E-state index contributed by atoms with van der Waals surface area (Å²) in [7, 11) is 3.27. The monoisotopic (exact) mass is 473 g/mol. The zero-order valence-corrected chi connectivity index (χ0v) is 19.7. The van der Waals surface area contributed by atoms with Crippen LogP contribution in [-0.2, 0) is 11.3 Å². The molecule has 0 spiro atoms. The third-order valence-electron chi connectivity index (χ3n) is 6.38. The fraction of sp³-hybridized carbons (Fsp3) is 0.308. The van der Waals surface area contributed by atoms with Crippen molar-refractivity contribution >= 4 is 22.8 Å². The molecule has 0 saturated carbocycles. The van der Waals surface area contributed by atoms with Gasteiger partial charge in [-0.15, -0.1) is 0 Å². The van der Waals surface area contributed by atoms with Gasteiger partial charge in [0.15, 0.2) is 0 Å². The molecule has 0 unspecified atom stereocenters. The van der Waals surface area contributed by atoms with E-state index in [1.165, 1.54) is 6.33 Å². The van der Waals surface area contributed by atoms with Gasteiger partial charge in [-0.2, -0.15) is 4.98 Å². The molecule has 0 aliphatic carbocycles. The van der Waals surface area contributed by atoms with Gasteiger partial charge in [0, 0.05) is 31.1 Å². The van der Waals surface area contributed by atoms with Crippen LogP contribution in [-0.4, -0.2) is 48.3 Å². The number of carbonyl (C=O) groups is 1. The Morgan fingerprint density at radius 1 is 1.06 bits per heavy atom. The molecule has 4 aromatic rings. The molecule has 9 nitrogen and oxygen atoms in total. The molecule has 2 aromatic carbocycles. The topological polar surface area (TPSA) is 103 Å². The second-order valence-corrected chi connectivity index (χ2v) is 8.47. The summed E-state index contributed by atoms with van der Waals surface area (Å²) in [6.45, 7) is 1.89. The Balaban J connectivity index is 1.27. The lowest BCUT2D eigenvalue weighted by molar-refractivity contribution is -0.125. The predicted octanol–water partition coefficient (Wildman–Crippen LogP) is 3.83. The maximum absolute atomic E-state index is 12.8. The first-order valence-corrected chi connectivity index (χ1v) is 11.6. The van der Waals surface area contributed by atoms with E-state index in [1.807, 2.05) is 48.5 Å². The molecule has 1 aliphatic heterocycles. The van der Waals surface area contributed by atoms with Crippen molar-refractivity contribution in [2.75, 3.05) is 32.2 Å². The average Bonchev–Trinajstić information content (AvgIpc) is 3.36. The van der Waals surface area contributed by atoms with Crippen molar-refractivity contribution in [2.24, 2.45) is 5.92 Å². The van der Waals surface area contributed by atoms with Crippen LogP contribution in [0.3, 0.4) is 0 Å². The minimum absolute atomic E-state index is 0.0438. The van der Waals surface area contributed by atoms with Crippen LogP contribution in [0, 0.1) is 5.92 Å². The van der Waals surface area contributed by atoms with Crippen molar-refractivity contribution in [2.45, 2.75) is 19.4 Å². The molecule has 1 aliphatic rings. The lowest BCUT2D eigenvalue weighted by Gasteiger charge is -2.32. The van der Waals surface area contributed by atoms with E-state index in [4.69, 9.17) is 14.0 Å². The summed E-state index contributed by atoms with van der Waals surface area (Å²) in [4.78, 5) is 23.8. The Labute approximate surface area is 203 Å². The highest BCUT2D eigenvalue weighted by Gasteiger charge is 2.28. The molecule has 0 bridgehead atoms. The minimum atomic E-state index is -0.0438. The summed E-state index contributed by atoms with van der Waals surface area (Å²) in [6, 6.07) is 15.4. The quantitative estimate of drug-likeness (QED) is 0.432. The fourth-order valence-corrected chi connectivity index (χ4v) is 4.43. The van der Waals surface area contributed by atoms with E-state index >= 15 is 0 Å². The van der Waals surface area contributed by atoms with Gasteiger partial charge in [0.05, 0.1) is 14.2 Å². The molecular weight excluding hydrogens is 446 g/mol. The Hall–Kier alpha value is -4.14. The predicted molar refractivity (Wildman–Crippen MR) is 131 cm³/mol. The lowest BCUT2D eigenvalue weighted by Crippen LogP contribution is -2.40. The number of fused-ring (bicyclic) bond motifs is 1. The molecular formula is C26H27N5O4. The SMILES string of the molecule is COc1ccc(-c2noc3ncnc(N4CCC(C(=O)NCc5cccc(OC)c5)CC4)c23)cc1. The Bertz CT molecular complexity index is 1310. The van der Waals surface area contributed by atoms with Crippen LogP contribution in [0.5, 0.6) is 11.5 Å². The van der Waals surface area contributed by atoms with Crippen molar-refractivity contribution < 1.29 is 18.8 Å². The van der Waals surface area contributed by atoms with E-state index < -0.39 is 0 Å². The maximum atomic E-state index is 12.8. The second kappa shape index (κ2) is 10.0. The van der Waals surface area contributed by atoms with Crippen molar-refractivity contribution in [3.63, 3.8) is 0 Å². The fourth-order valence-electron chi connectivity index (χ4n) is 4.43. The summed E-state index contributed by atoms with van der Waals surface area (Å²) in [6.07, 6.45) is 2.96. The van der Waals surface area contributed by atoms with Crippen LogP contribution in [0.1, 0.15) is 18.4 Å². The number of hydrogen-bond acceptors (Lipinski definition) is 8. The molecule has 1 saturated heterocycles. The molecule has 35 heavy (non-hydrogen) atoms. The number of piperidine rings is 1. The van der Waals surface area contributed by atoms with Crippen molar-refractivity contribution in [3.8, 4) is 22.8 Å².